The molecule has 1 saturated heterocycles. The first-order chi connectivity index (χ1) is 16.1. The summed E-state index contributed by atoms with van der Waals surface area (Å²) in [5.41, 5.74) is 1.52. The minimum absolute atomic E-state index is 0.319. The normalized spacial score (nSPS) is 28.2. The number of hydrogen-bond acceptors (Lipinski definition) is 6. The summed E-state index contributed by atoms with van der Waals surface area (Å²) in [4.78, 5) is 0. The van der Waals surface area contributed by atoms with E-state index in [0.29, 0.717) is 12.2 Å². The summed E-state index contributed by atoms with van der Waals surface area (Å²) in [7, 11) is -8.16. The Morgan fingerprint density at radius 3 is 1.83 bits per heavy atom. The molecule has 5 atom stereocenters. The molecule has 1 aromatic carbocycles. The van der Waals surface area contributed by atoms with Crippen molar-refractivity contribution in [3.05, 3.63) is 42.0 Å². The Bertz CT molecular complexity index is 884. The van der Waals surface area contributed by atoms with E-state index in [4.69, 9.17) is 22.4 Å². The van der Waals surface area contributed by atoms with Gasteiger partial charge in [-0.1, -0.05) is 30.9 Å². The molecular weight excluding hydrogens is 521 g/mol. The average Bonchev–Trinajstić information content (AvgIpc) is 2.68. The van der Waals surface area contributed by atoms with Gasteiger partial charge in [-0.3, -0.25) is 0 Å². The van der Waals surface area contributed by atoms with Crippen molar-refractivity contribution in [2.45, 2.75) is 109 Å². The second kappa shape index (κ2) is 11.4. The lowest BCUT2D eigenvalue weighted by Crippen LogP contribution is -2.69. The lowest BCUT2D eigenvalue weighted by molar-refractivity contribution is -0.348. The summed E-state index contributed by atoms with van der Waals surface area (Å²) in [6.07, 6.45) is -0.465. The maximum absolute atomic E-state index is 12.5. The largest absolute Gasteiger partial charge is 0.415 e. The second-order valence-corrected chi connectivity index (χ2v) is 31.5. The van der Waals surface area contributed by atoms with Gasteiger partial charge in [-0.15, -0.1) is 0 Å². The molecule has 0 amide bonds. The molecule has 1 aromatic rings. The van der Waals surface area contributed by atoms with Gasteiger partial charge in [0.25, 0.3) is 0 Å². The molecule has 0 spiro atoms. The Labute approximate surface area is 223 Å². The maximum Gasteiger partial charge on any atom is 0.221 e. The third-order valence-electron chi connectivity index (χ3n) is 5.38. The van der Waals surface area contributed by atoms with Crippen LogP contribution in [0.3, 0.4) is 0 Å². The van der Waals surface area contributed by atoms with Gasteiger partial charge in [-0.2, -0.15) is 0 Å². The van der Waals surface area contributed by atoms with Crippen LogP contribution in [-0.2, 0) is 28.2 Å². The zero-order valence-corrected chi connectivity index (χ0v) is 28.6. The Balaban J connectivity index is 2.75. The van der Waals surface area contributed by atoms with Crippen molar-refractivity contribution in [1.29, 1.82) is 0 Å². The van der Waals surface area contributed by atoms with E-state index >= 15 is 0 Å². The number of hydrogen-bond donors (Lipinski definition) is 1. The molecule has 10 heteroatoms. The first-order valence-corrected chi connectivity index (χ1v) is 26.6. The molecule has 0 aliphatic carbocycles. The van der Waals surface area contributed by atoms with Crippen LogP contribution in [0.15, 0.2) is 30.8 Å². The van der Waals surface area contributed by atoms with Crippen molar-refractivity contribution in [1.82, 2.24) is 0 Å². The van der Waals surface area contributed by atoms with Crippen LogP contribution >= 0.6 is 0 Å². The van der Waals surface area contributed by atoms with E-state index in [1.165, 1.54) is 0 Å². The molecule has 0 bridgehead atoms. The van der Waals surface area contributed by atoms with E-state index < -0.39 is 63.5 Å². The van der Waals surface area contributed by atoms with Crippen LogP contribution in [0, 0.1) is 0 Å². The third-order valence-corrected chi connectivity index (χ3v) is 9.33. The Morgan fingerprint density at radius 1 is 0.833 bits per heavy atom. The zero-order valence-electron chi connectivity index (χ0n) is 24.6. The molecule has 0 aromatic heterocycles. The molecule has 1 unspecified atom stereocenters. The molecule has 0 radical (unpaired) electrons. The number of rotatable bonds is 11. The van der Waals surface area contributed by atoms with Gasteiger partial charge in [-0.05, 0) is 90.2 Å². The van der Waals surface area contributed by atoms with Crippen LogP contribution in [0.4, 0.5) is 0 Å². The fourth-order valence-corrected chi connectivity index (χ4v) is 8.07. The fraction of sp³-hybridized carbons (Fsp3) is 0.692. The van der Waals surface area contributed by atoms with Crippen LogP contribution in [0.25, 0.3) is 6.08 Å². The number of benzene rings is 1. The Morgan fingerprint density at radius 2 is 1.36 bits per heavy atom. The lowest BCUT2D eigenvalue weighted by Gasteiger charge is -2.54. The smallest absolute Gasteiger partial charge is 0.221 e. The zero-order chi connectivity index (χ0) is 27.7. The summed E-state index contributed by atoms with van der Waals surface area (Å²) in [5.74, 6) is -1.74. The van der Waals surface area contributed by atoms with Gasteiger partial charge < -0.3 is 27.5 Å². The molecule has 206 valence electrons. The molecule has 1 fully saturated rings. The molecule has 0 saturated carbocycles. The van der Waals surface area contributed by atoms with E-state index in [0.717, 1.165) is 5.56 Å². The number of ether oxygens (including phenoxy) is 1. The highest BCUT2D eigenvalue weighted by atomic mass is 28.4. The van der Waals surface area contributed by atoms with Crippen molar-refractivity contribution in [2.24, 2.45) is 0 Å². The summed E-state index contributed by atoms with van der Waals surface area (Å²) >= 11 is 0. The molecule has 1 aliphatic rings. The monoisotopic (exact) mass is 570 g/mol. The molecule has 2 rings (SSSR count). The van der Waals surface area contributed by atoms with E-state index in [2.05, 4.69) is 85.1 Å². The van der Waals surface area contributed by atoms with Crippen molar-refractivity contribution in [3.63, 3.8) is 0 Å². The molecule has 1 heterocycles. The third kappa shape index (κ3) is 9.40. The summed E-state index contributed by atoms with van der Waals surface area (Å²) in [6.45, 7) is 30.0. The predicted molar refractivity (Wildman–Crippen MR) is 159 cm³/mol. The highest BCUT2D eigenvalue weighted by Gasteiger charge is 2.59. The van der Waals surface area contributed by atoms with E-state index in [9.17, 15) is 5.11 Å². The van der Waals surface area contributed by atoms with Gasteiger partial charge in [0.1, 0.15) is 24.4 Å². The predicted octanol–water partition coefficient (Wildman–Crippen LogP) is 6.39. The molecule has 36 heavy (non-hydrogen) atoms. The minimum Gasteiger partial charge on any atom is -0.415 e. The van der Waals surface area contributed by atoms with Gasteiger partial charge in [-0.25, -0.2) is 0 Å². The summed E-state index contributed by atoms with van der Waals surface area (Å²) in [5, 5.41) is 12.5. The van der Waals surface area contributed by atoms with Crippen LogP contribution in [-0.4, -0.2) is 69.4 Å². The first-order valence-electron chi connectivity index (χ1n) is 12.9. The van der Waals surface area contributed by atoms with Crippen molar-refractivity contribution in [3.8, 4) is 0 Å². The van der Waals surface area contributed by atoms with Crippen molar-refractivity contribution >= 4 is 39.3 Å². The molecule has 6 nitrogen and oxygen atoms in total. The fourth-order valence-electron chi connectivity index (χ4n) is 4.17. The highest BCUT2D eigenvalue weighted by Crippen LogP contribution is 2.43. The lowest BCUT2D eigenvalue weighted by atomic mass is 9.87. The van der Waals surface area contributed by atoms with Gasteiger partial charge in [0.15, 0.2) is 33.3 Å². The van der Waals surface area contributed by atoms with Gasteiger partial charge in [0.2, 0.25) is 5.79 Å². The second-order valence-electron chi connectivity index (χ2n) is 13.6. The quantitative estimate of drug-likeness (QED) is 0.311. The Kier molecular flexibility index (Phi) is 10.0. The highest BCUT2D eigenvalue weighted by molar-refractivity contribution is 6.71. The van der Waals surface area contributed by atoms with Gasteiger partial charge >= 0.3 is 0 Å². The topological polar surface area (TPSA) is 66.4 Å². The van der Waals surface area contributed by atoms with E-state index in [-0.39, 0.29) is 0 Å². The van der Waals surface area contributed by atoms with E-state index in [1.54, 1.807) is 6.08 Å². The molecule has 1 aliphatic heterocycles. The van der Waals surface area contributed by atoms with Gasteiger partial charge in [0.05, 0.1) is 6.61 Å². The Hall–Kier alpha value is -0.412. The number of aliphatic hydroxyl groups is 1. The summed E-state index contributed by atoms with van der Waals surface area (Å²) in [6, 6.07) is 7.66. The van der Waals surface area contributed by atoms with Gasteiger partial charge in [0, 0.05) is 5.56 Å². The van der Waals surface area contributed by atoms with Crippen LogP contribution < -0.4 is 0 Å². The van der Waals surface area contributed by atoms with Crippen LogP contribution in [0.1, 0.15) is 11.1 Å². The standard InChI is InChI=1S/C26H50O6Si4/c1-14-20-16-15-17-21(18-20)26(27)25(32-36(11,12)13)24(31-35(8,9)10)23(30-34(5,6)7)22(29-26)19-28-33(2,3)4/h14-18,22-25,27H,1,19H2,2-13H3/t22-,23-,24+,25-,26?/m1/s1. The van der Waals surface area contributed by atoms with E-state index in [1.807, 2.05) is 24.3 Å². The van der Waals surface area contributed by atoms with Crippen LogP contribution in [0.2, 0.25) is 78.6 Å². The summed E-state index contributed by atoms with van der Waals surface area (Å²) < 4.78 is 33.4. The SMILES string of the molecule is C=Cc1cccc(C2(O)O[C@H](CO[Si](C)(C)C)[C@@H](O[Si](C)(C)C)[C@H](O[Si](C)(C)C)[C@H]2O[Si](C)(C)C)c1. The minimum atomic E-state index is -2.16. The van der Waals surface area contributed by atoms with Crippen LogP contribution in [0.5, 0.6) is 0 Å². The van der Waals surface area contributed by atoms with Crippen molar-refractivity contribution in [2.75, 3.05) is 6.61 Å². The molecular formula is C26H50O6Si4. The maximum atomic E-state index is 12.5. The molecule has 1 N–H and O–H groups in total. The first kappa shape index (κ1) is 31.8. The average molecular weight is 571 g/mol. The van der Waals surface area contributed by atoms with Crippen molar-refractivity contribution < 1.29 is 27.5 Å².